The third-order valence-electron chi connectivity index (χ3n) is 6.48. The van der Waals surface area contributed by atoms with Crippen LogP contribution in [0.3, 0.4) is 0 Å². The van der Waals surface area contributed by atoms with Crippen molar-refractivity contribution in [2.24, 2.45) is 0 Å². The van der Waals surface area contributed by atoms with Gasteiger partial charge in [0.25, 0.3) is 0 Å². The van der Waals surface area contributed by atoms with Gasteiger partial charge in [-0.05, 0) is 37.3 Å². The van der Waals surface area contributed by atoms with Crippen molar-refractivity contribution in [3.05, 3.63) is 77.9 Å². The largest absolute Gasteiger partial charge is 0.465 e. The van der Waals surface area contributed by atoms with Crippen LogP contribution >= 0.6 is 0 Å². The van der Waals surface area contributed by atoms with Gasteiger partial charge in [-0.15, -0.1) is 0 Å². The molecule has 9 nitrogen and oxygen atoms in total. The topological polar surface area (TPSA) is 103 Å². The molecule has 0 aliphatic carbocycles. The fraction of sp³-hybridized carbons (Fsp3) is 0.269. The minimum Gasteiger partial charge on any atom is -0.465 e. The van der Waals surface area contributed by atoms with E-state index in [4.69, 9.17) is 5.11 Å². The van der Waals surface area contributed by atoms with Gasteiger partial charge in [-0.1, -0.05) is 18.2 Å². The Morgan fingerprint density at radius 1 is 1.03 bits per heavy atom. The predicted molar refractivity (Wildman–Crippen MR) is 132 cm³/mol. The Labute approximate surface area is 211 Å². The standard InChI is InChI=1S/C26H25F2N5O4/c1-16-23(24(34)19-4-2-3-5-20(19)37-25(27)28)33-15-18(7-9-22(33)30-16)17-6-8-21(29-14-17)31-10-12-32(13-11-31)26(35)36/h2-9,14-15,24-25,34H,10-13H2,1H3,(H,35,36). The van der Waals surface area contributed by atoms with Crippen molar-refractivity contribution in [2.75, 3.05) is 31.1 Å². The number of fused-ring (bicyclic) bond motifs is 1. The summed E-state index contributed by atoms with van der Waals surface area (Å²) in [5.41, 5.74) is 3.48. The highest BCUT2D eigenvalue weighted by atomic mass is 19.3. The molecular weight excluding hydrogens is 484 g/mol. The van der Waals surface area contributed by atoms with Crippen molar-refractivity contribution in [1.29, 1.82) is 0 Å². The number of aliphatic hydroxyl groups excluding tert-OH is 1. The summed E-state index contributed by atoms with van der Waals surface area (Å²) in [5.74, 6) is 0.666. The second kappa shape index (κ2) is 10.0. The highest BCUT2D eigenvalue weighted by molar-refractivity contribution is 5.67. The maximum atomic E-state index is 12.9. The van der Waals surface area contributed by atoms with Crippen LogP contribution in [0.1, 0.15) is 23.1 Å². The van der Waals surface area contributed by atoms with E-state index >= 15 is 0 Å². The Morgan fingerprint density at radius 3 is 2.43 bits per heavy atom. The van der Waals surface area contributed by atoms with Crippen molar-refractivity contribution >= 4 is 17.6 Å². The minimum absolute atomic E-state index is 0.0977. The molecule has 0 radical (unpaired) electrons. The van der Waals surface area contributed by atoms with Crippen molar-refractivity contribution in [3.63, 3.8) is 0 Å². The number of nitrogens with zero attached hydrogens (tertiary/aromatic N) is 5. The number of hydrogen-bond acceptors (Lipinski definition) is 6. The predicted octanol–water partition coefficient (Wildman–Crippen LogP) is 4.19. The molecule has 0 bridgehead atoms. The third-order valence-corrected chi connectivity index (χ3v) is 6.48. The lowest BCUT2D eigenvalue weighted by atomic mass is 10.0. The molecule has 1 fully saturated rings. The van der Waals surface area contributed by atoms with Crippen LogP contribution in [0.5, 0.6) is 5.75 Å². The maximum absolute atomic E-state index is 12.9. The second-order valence-electron chi connectivity index (χ2n) is 8.71. The number of carboxylic acid groups (broad SMARTS) is 1. The monoisotopic (exact) mass is 509 g/mol. The van der Waals surface area contributed by atoms with Crippen LogP contribution in [0.4, 0.5) is 19.4 Å². The Morgan fingerprint density at radius 2 is 1.76 bits per heavy atom. The SMILES string of the molecule is Cc1nc2ccc(-c3ccc(N4CCN(C(=O)O)CC4)nc3)cn2c1C(O)c1ccccc1OC(F)F. The average Bonchev–Trinajstić information content (AvgIpc) is 3.23. The van der Waals surface area contributed by atoms with Gasteiger partial charge in [0, 0.05) is 55.3 Å². The van der Waals surface area contributed by atoms with Gasteiger partial charge in [0.15, 0.2) is 0 Å². The number of hydrogen-bond donors (Lipinski definition) is 2. The summed E-state index contributed by atoms with van der Waals surface area (Å²) >= 11 is 0. The lowest BCUT2D eigenvalue weighted by Crippen LogP contribution is -2.48. The number of rotatable bonds is 6. The zero-order chi connectivity index (χ0) is 26.1. The van der Waals surface area contributed by atoms with Crippen LogP contribution in [0.15, 0.2) is 60.9 Å². The maximum Gasteiger partial charge on any atom is 0.407 e. The molecule has 192 valence electrons. The fourth-order valence-corrected chi connectivity index (χ4v) is 4.61. The molecular formula is C26H25F2N5O4. The summed E-state index contributed by atoms with van der Waals surface area (Å²) in [6.45, 7) is 0.716. The van der Waals surface area contributed by atoms with Gasteiger partial charge < -0.3 is 29.2 Å². The quantitative estimate of drug-likeness (QED) is 0.402. The molecule has 4 aromatic rings. The molecule has 37 heavy (non-hydrogen) atoms. The van der Waals surface area contributed by atoms with E-state index in [1.807, 2.05) is 35.4 Å². The van der Waals surface area contributed by atoms with Crippen LogP contribution < -0.4 is 9.64 Å². The Balaban J connectivity index is 1.43. The lowest BCUT2D eigenvalue weighted by Gasteiger charge is -2.33. The summed E-state index contributed by atoms with van der Waals surface area (Å²) in [7, 11) is 0. The van der Waals surface area contributed by atoms with Crippen LogP contribution in [0.25, 0.3) is 16.8 Å². The van der Waals surface area contributed by atoms with Crippen molar-refractivity contribution in [2.45, 2.75) is 19.6 Å². The number of piperazine rings is 1. The van der Waals surface area contributed by atoms with Gasteiger partial charge in [-0.2, -0.15) is 8.78 Å². The van der Waals surface area contributed by atoms with Crippen molar-refractivity contribution < 1.29 is 28.5 Å². The van der Waals surface area contributed by atoms with E-state index in [9.17, 15) is 18.7 Å². The number of anilines is 1. The fourth-order valence-electron chi connectivity index (χ4n) is 4.61. The summed E-state index contributed by atoms with van der Waals surface area (Å²) in [6.07, 6.45) is 1.41. The second-order valence-corrected chi connectivity index (χ2v) is 8.71. The summed E-state index contributed by atoms with van der Waals surface area (Å²) < 4.78 is 32.2. The van der Waals surface area contributed by atoms with E-state index in [0.29, 0.717) is 43.2 Å². The molecule has 0 spiro atoms. The average molecular weight is 510 g/mol. The zero-order valence-corrected chi connectivity index (χ0v) is 20.0. The zero-order valence-electron chi connectivity index (χ0n) is 20.0. The third kappa shape index (κ3) is 4.90. The van der Waals surface area contributed by atoms with E-state index < -0.39 is 18.8 Å². The molecule has 1 amide bonds. The van der Waals surface area contributed by atoms with Crippen molar-refractivity contribution in [3.8, 4) is 16.9 Å². The smallest absolute Gasteiger partial charge is 0.407 e. The number of pyridine rings is 2. The van der Waals surface area contributed by atoms with E-state index in [0.717, 1.165) is 16.9 Å². The Bertz CT molecular complexity index is 1420. The van der Waals surface area contributed by atoms with Crippen LogP contribution in [-0.2, 0) is 0 Å². The minimum atomic E-state index is -3.01. The highest BCUT2D eigenvalue weighted by Crippen LogP contribution is 2.34. The molecule has 1 aromatic carbocycles. The summed E-state index contributed by atoms with van der Waals surface area (Å²) in [4.78, 5) is 23.7. The molecule has 5 rings (SSSR count). The molecule has 11 heteroatoms. The molecule has 1 unspecified atom stereocenters. The number of ether oxygens (including phenoxy) is 1. The normalized spacial score (nSPS) is 14.8. The number of aromatic nitrogens is 3. The first-order valence-electron chi connectivity index (χ1n) is 11.7. The van der Waals surface area contributed by atoms with E-state index in [2.05, 4.69) is 14.7 Å². The molecule has 1 saturated heterocycles. The first-order valence-corrected chi connectivity index (χ1v) is 11.7. The molecule has 2 N–H and O–H groups in total. The number of aryl methyl sites for hydroxylation is 1. The summed E-state index contributed by atoms with van der Waals surface area (Å²) in [5, 5.41) is 20.3. The van der Waals surface area contributed by atoms with E-state index in [1.165, 1.54) is 11.0 Å². The molecule has 0 saturated carbocycles. The number of para-hydroxylation sites is 1. The van der Waals surface area contributed by atoms with Gasteiger partial charge in [-0.3, -0.25) is 0 Å². The number of alkyl halides is 2. The number of amides is 1. The molecule has 1 atom stereocenters. The van der Waals surface area contributed by atoms with Crippen LogP contribution in [0.2, 0.25) is 0 Å². The molecule has 3 aromatic heterocycles. The Kier molecular flexibility index (Phi) is 6.62. The van der Waals surface area contributed by atoms with Gasteiger partial charge >= 0.3 is 12.7 Å². The van der Waals surface area contributed by atoms with Gasteiger partial charge in [0.2, 0.25) is 0 Å². The lowest BCUT2D eigenvalue weighted by molar-refractivity contribution is -0.0513. The van der Waals surface area contributed by atoms with Gasteiger partial charge in [0.1, 0.15) is 23.3 Å². The van der Waals surface area contributed by atoms with Crippen LogP contribution in [-0.4, -0.2) is 68.4 Å². The van der Waals surface area contributed by atoms with Crippen molar-refractivity contribution in [1.82, 2.24) is 19.3 Å². The first kappa shape index (κ1) is 24.4. The number of imidazole rings is 1. The Hall–Kier alpha value is -4.25. The first-order chi connectivity index (χ1) is 17.8. The molecule has 4 heterocycles. The van der Waals surface area contributed by atoms with E-state index in [1.54, 1.807) is 35.7 Å². The highest BCUT2D eigenvalue weighted by Gasteiger charge is 2.24. The van der Waals surface area contributed by atoms with Gasteiger partial charge in [-0.25, -0.2) is 14.8 Å². The number of aliphatic hydroxyl groups is 1. The molecule has 1 aliphatic rings. The van der Waals surface area contributed by atoms with E-state index in [-0.39, 0.29) is 11.3 Å². The summed E-state index contributed by atoms with van der Waals surface area (Å²) in [6, 6.07) is 13.7. The number of benzene rings is 1. The van der Waals surface area contributed by atoms with Gasteiger partial charge in [0.05, 0.1) is 11.4 Å². The number of halogens is 2. The number of carbonyl (C=O) groups is 1. The van der Waals surface area contributed by atoms with Crippen LogP contribution in [0, 0.1) is 6.92 Å². The molecule has 1 aliphatic heterocycles.